The number of rotatable bonds is 3. The van der Waals surface area contributed by atoms with Gasteiger partial charge in [0.25, 0.3) is 0 Å². The molecule has 0 rings (SSSR count). The zero-order valence-electron chi connectivity index (χ0n) is 10.9. The number of hydrogen-bond donors (Lipinski definition) is 2. The standard InChI is InChI=1S/C8H16N6S2.CH3.Cu/c1-5(11-13-7(15)9-3)6(2)12-14-8(16)10-4;;/h1-4H3,(H2,9,13,15)(H2,10,14,16);1H3;/q;-1;/p-2/b11-5+,12-6+;;. The van der Waals surface area contributed by atoms with E-state index in [4.69, 9.17) is 25.3 Å². The summed E-state index contributed by atoms with van der Waals surface area (Å²) in [6, 6.07) is 0. The van der Waals surface area contributed by atoms with E-state index in [0.29, 0.717) is 21.8 Å². The third-order valence-electron chi connectivity index (χ3n) is 1.55. The number of hydrazone groups is 1. The molecule has 6 nitrogen and oxygen atoms in total. The fourth-order valence-corrected chi connectivity index (χ4v) is 0.592. The Balaban J connectivity index is -0.00000112. The number of nitrogens with one attached hydrogen (secondary N) is 2. The van der Waals surface area contributed by atoms with Crippen LogP contribution in [0.15, 0.2) is 20.3 Å². The largest absolute Gasteiger partial charge is 0.741 e. The van der Waals surface area contributed by atoms with Gasteiger partial charge in [-0.2, -0.15) is 15.3 Å². The van der Waals surface area contributed by atoms with Crippen LogP contribution in [0.25, 0.3) is 0 Å². The second kappa shape index (κ2) is 12.7. The smallest absolute Gasteiger partial charge is 0.0828 e. The van der Waals surface area contributed by atoms with E-state index < -0.39 is 0 Å². The first-order chi connectivity index (χ1) is 7.51. The first-order valence-electron chi connectivity index (χ1n) is 4.42. The predicted octanol–water partition coefficient (Wildman–Crippen LogP) is 0.431. The summed E-state index contributed by atoms with van der Waals surface area (Å²) in [5.41, 5.74) is 3.90. The second-order valence-electron chi connectivity index (χ2n) is 2.68. The summed E-state index contributed by atoms with van der Waals surface area (Å²) in [6.45, 7) is 3.55. The Kier molecular flexibility index (Phi) is 15.8. The molecule has 0 saturated carbocycles. The minimum atomic E-state index is 0. The molecule has 0 aliphatic rings. The SMILES string of the molecule is CN=C([S-])N/N=C(C)/C(C)=N/N=C(\[S-])NC.[CH3-].[Cu]. The Morgan fingerprint density at radius 3 is 2.00 bits per heavy atom. The second-order valence-corrected chi connectivity index (χ2v) is 3.45. The van der Waals surface area contributed by atoms with Crippen LogP contribution in [-0.2, 0) is 42.3 Å². The van der Waals surface area contributed by atoms with Crippen LogP contribution in [0, 0.1) is 7.43 Å². The Morgan fingerprint density at radius 1 is 1.00 bits per heavy atom. The molecule has 0 aromatic heterocycles. The van der Waals surface area contributed by atoms with Crippen molar-refractivity contribution in [2.45, 2.75) is 13.8 Å². The van der Waals surface area contributed by atoms with Crippen LogP contribution in [0.3, 0.4) is 0 Å². The van der Waals surface area contributed by atoms with Gasteiger partial charge in [-0.15, -0.1) is 0 Å². The fraction of sp³-hybridized carbons (Fsp3) is 0.444. The average molecular weight is 337 g/mol. The van der Waals surface area contributed by atoms with Crippen molar-refractivity contribution in [3.05, 3.63) is 7.43 Å². The molecule has 0 saturated heterocycles. The predicted molar refractivity (Wildman–Crippen MR) is 80.4 cm³/mol. The van der Waals surface area contributed by atoms with E-state index in [-0.39, 0.29) is 24.5 Å². The van der Waals surface area contributed by atoms with Crippen molar-refractivity contribution in [3.8, 4) is 0 Å². The molecule has 2 N–H and O–H groups in total. The van der Waals surface area contributed by atoms with Gasteiger partial charge in [0, 0.05) is 31.2 Å². The van der Waals surface area contributed by atoms with Gasteiger partial charge in [-0.1, -0.05) is 0 Å². The molecule has 109 valence electrons. The molecule has 18 heavy (non-hydrogen) atoms. The molecule has 0 bridgehead atoms. The maximum absolute atomic E-state index is 4.81. The van der Waals surface area contributed by atoms with Crippen LogP contribution in [0.1, 0.15) is 13.8 Å². The summed E-state index contributed by atoms with van der Waals surface area (Å²) >= 11 is 9.62. The van der Waals surface area contributed by atoms with Gasteiger partial charge < -0.3 is 38.0 Å². The van der Waals surface area contributed by atoms with Gasteiger partial charge in [-0.25, -0.2) is 0 Å². The molecular weight excluding hydrogens is 320 g/mol. The summed E-state index contributed by atoms with van der Waals surface area (Å²) in [4.78, 5) is 3.73. The third-order valence-corrected chi connectivity index (χ3v) is 2.11. The summed E-state index contributed by atoms with van der Waals surface area (Å²) < 4.78 is 0. The molecule has 0 fully saturated rings. The summed E-state index contributed by atoms with van der Waals surface area (Å²) in [5, 5.41) is 14.9. The van der Waals surface area contributed by atoms with E-state index in [2.05, 4.69) is 31.0 Å². The Labute approximate surface area is 130 Å². The van der Waals surface area contributed by atoms with Gasteiger partial charge in [0.05, 0.1) is 11.4 Å². The number of aliphatic imine (C=N–C) groups is 1. The molecule has 0 atom stereocenters. The summed E-state index contributed by atoms with van der Waals surface area (Å²) in [7, 11) is 3.27. The molecular formula is C9H17CuN6S2-3. The van der Waals surface area contributed by atoms with Gasteiger partial charge in [-0.05, 0) is 24.2 Å². The van der Waals surface area contributed by atoms with Crippen molar-refractivity contribution in [1.82, 2.24) is 10.7 Å². The monoisotopic (exact) mass is 336 g/mol. The molecule has 0 amide bonds. The van der Waals surface area contributed by atoms with Gasteiger partial charge >= 0.3 is 0 Å². The fourth-order valence-electron chi connectivity index (χ4n) is 0.505. The van der Waals surface area contributed by atoms with Crippen LogP contribution >= 0.6 is 0 Å². The number of hydrogen-bond acceptors (Lipinski definition) is 6. The van der Waals surface area contributed by atoms with Crippen molar-refractivity contribution >= 4 is 47.0 Å². The first-order valence-corrected chi connectivity index (χ1v) is 5.24. The molecule has 9 heteroatoms. The van der Waals surface area contributed by atoms with Crippen LogP contribution in [0.2, 0.25) is 0 Å². The van der Waals surface area contributed by atoms with Crippen LogP contribution < -0.4 is 10.7 Å². The summed E-state index contributed by atoms with van der Waals surface area (Å²) in [6.07, 6.45) is 0. The Morgan fingerprint density at radius 2 is 1.56 bits per heavy atom. The summed E-state index contributed by atoms with van der Waals surface area (Å²) in [5.74, 6) is 0. The maximum atomic E-state index is 4.81. The van der Waals surface area contributed by atoms with Gasteiger partial charge in [-0.3, -0.25) is 10.4 Å². The normalized spacial score (nSPS) is 13.3. The van der Waals surface area contributed by atoms with Crippen molar-refractivity contribution in [2.75, 3.05) is 14.1 Å². The van der Waals surface area contributed by atoms with Crippen molar-refractivity contribution in [3.63, 3.8) is 0 Å². The molecule has 0 aliphatic heterocycles. The van der Waals surface area contributed by atoms with Gasteiger partial charge in [0.15, 0.2) is 0 Å². The van der Waals surface area contributed by atoms with Crippen LogP contribution in [-0.4, -0.2) is 35.9 Å². The Bertz CT molecular complexity index is 351. The van der Waals surface area contributed by atoms with E-state index >= 15 is 0 Å². The van der Waals surface area contributed by atoms with Gasteiger partial charge in [0.1, 0.15) is 0 Å². The van der Waals surface area contributed by atoms with Crippen molar-refractivity contribution in [2.24, 2.45) is 20.3 Å². The van der Waals surface area contributed by atoms with E-state index in [1.807, 2.05) is 0 Å². The van der Waals surface area contributed by atoms with Crippen molar-refractivity contribution in [1.29, 1.82) is 0 Å². The minimum absolute atomic E-state index is 0. The topological polar surface area (TPSA) is 73.5 Å². The van der Waals surface area contributed by atoms with Crippen LogP contribution in [0.4, 0.5) is 0 Å². The van der Waals surface area contributed by atoms with Crippen LogP contribution in [0.5, 0.6) is 0 Å². The first kappa shape index (κ1) is 22.4. The third kappa shape index (κ3) is 10.4. The van der Waals surface area contributed by atoms with Gasteiger partial charge in [0.2, 0.25) is 0 Å². The average Bonchev–Trinajstić information content (AvgIpc) is 2.31. The molecule has 0 aromatic carbocycles. The molecule has 1 radical (unpaired) electrons. The minimum Gasteiger partial charge on any atom is -0.741 e. The molecule has 0 aromatic rings. The van der Waals surface area contributed by atoms with E-state index in [9.17, 15) is 0 Å². The molecule has 0 aliphatic carbocycles. The maximum Gasteiger partial charge on any atom is 0.0828 e. The molecule has 0 unspecified atom stereocenters. The van der Waals surface area contributed by atoms with E-state index in [1.165, 1.54) is 0 Å². The zero-order chi connectivity index (χ0) is 12.6. The Hall–Kier alpha value is -0.761. The van der Waals surface area contributed by atoms with E-state index in [0.717, 1.165) is 0 Å². The number of amidine groups is 2. The quantitative estimate of drug-likeness (QED) is 0.196. The molecule has 0 heterocycles. The van der Waals surface area contributed by atoms with E-state index in [1.54, 1.807) is 27.9 Å². The zero-order valence-corrected chi connectivity index (χ0v) is 13.5. The van der Waals surface area contributed by atoms with Crippen molar-refractivity contribution < 1.29 is 17.1 Å². The molecule has 0 spiro atoms. The number of nitrogens with zero attached hydrogens (tertiary/aromatic N) is 4.